The summed E-state index contributed by atoms with van der Waals surface area (Å²) < 4.78 is 12.6. The van der Waals surface area contributed by atoms with Gasteiger partial charge in [-0.2, -0.15) is 0 Å². The first-order valence-electron chi connectivity index (χ1n) is 5.98. The van der Waals surface area contributed by atoms with Crippen molar-refractivity contribution in [1.82, 2.24) is 0 Å². The molecule has 0 radical (unpaired) electrons. The van der Waals surface area contributed by atoms with E-state index in [0.29, 0.717) is 0 Å². The molecule has 3 heteroatoms. The third-order valence-electron chi connectivity index (χ3n) is 2.83. The van der Waals surface area contributed by atoms with Crippen LogP contribution in [0.4, 0.5) is 0 Å². The first-order valence-corrected chi connectivity index (χ1v) is 9.31. The molecule has 18 heavy (non-hydrogen) atoms. The zero-order valence-electron chi connectivity index (χ0n) is 10.5. The standard InChI is InChI=1S/C15H17OPS/c1-17(16,14-8-4-2-5-9-14)12-13-18-15-10-6-3-7-11-15/h2-11H,12-13H2,1H3/t17-/m0/s1. The van der Waals surface area contributed by atoms with Crippen LogP contribution in [0.3, 0.4) is 0 Å². The van der Waals surface area contributed by atoms with Crippen LogP contribution in [0.2, 0.25) is 0 Å². The Bertz CT molecular complexity index is 525. The summed E-state index contributed by atoms with van der Waals surface area (Å²) in [6.45, 7) is 1.88. The molecule has 0 aliphatic rings. The molecule has 0 saturated heterocycles. The molecule has 2 aromatic carbocycles. The second-order valence-corrected chi connectivity index (χ2v) is 8.66. The second kappa shape index (κ2) is 6.26. The minimum absolute atomic E-state index is 0.747. The normalized spacial score (nSPS) is 14.1. The van der Waals surface area contributed by atoms with E-state index in [2.05, 4.69) is 12.1 Å². The van der Waals surface area contributed by atoms with E-state index in [4.69, 9.17) is 0 Å². The molecule has 1 atom stereocenters. The predicted octanol–water partition coefficient (Wildman–Crippen LogP) is 4.10. The van der Waals surface area contributed by atoms with Gasteiger partial charge in [0.15, 0.2) is 0 Å². The van der Waals surface area contributed by atoms with Crippen molar-refractivity contribution in [3.05, 3.63) is 60.7 Å². The molecule has 0 fully saturated rings. The lowest BCUT2D eigenvalue weighted by Gasteiger charge is -2.12. The van der Waals surface area contributed by atoms with Gasteiger partial charge in [0.05, 0.1) is 0 Å². The molecule has 0 N–H and O–H groups in total. The van der Waals surface area contributed by atoms with Crippen LogP contribution in [0.5, 0.6) is 0 Å². The molecule has 0 aliphatic carbocycles. The highest BCUT2D eigenvalue weighted by atomic mass is 32.2. The Hall–Kier alpha value is -0.980. The molecule has 0 bridgehead atoms. The lowest BCUT2D eigenvalue weighted by atomic mass is 10.4. The highest BCUT2D eigenvalue weighted by molar-refractivity contribution is 7.99. The summed E-state index contributed by atoms with van der Waals surface area (Å²) in [4.78, 5) is 1.24. The highest BCUT2D eigenvalue weighted by Crippen LogP contribution is 2.40. The molecule has 0 heterocycles. The van der Waals surface area contributed by atoms with Gasteiger partial charge in [0.2, 0.25) is 0 Å². The van der Waals surface area contributed by atoms with Gasteiger partial charge >= 0.3 is 0 Å². The molecule has 0 unspecified atom stereocenters. The predicted molar refractivity (Wildman–Crippen MR) is 81.6 cm³/mol. The van der Waals surface area contributed by atoms with Crippen molar-refractivity contribution in [2.24, 2.45) is 0 Å². The van der Waals surface area contributed by atoms with Crippen LogP contribution in [0, 0.1) is 0 Å². The van der Waals surface area contributed by atoms with Crippen LogP contribution in [0.15, 0.2) is 65.6 Å². The van der Waals surface area contributed by atoms with Gasteiger partial charge < -0.3 is 4.57 Å². The molecule has 0 aromatic heterocycles. The summed E-state index contributed by atoms with van der Waals surface area (Å²) in [5.74, 6) is 0.896. The van der Waals surface area contributed by atoms with Crippen LogP contribution < -0.4 is 5.30 Å². The molecular formula is C15H17OPS. The average molecular weight is 276 g/mol. The van der Waals surface area contributed by atoms with E-state index in [-0.39, 0.29) is 0 Å². The van der Waals surface area contributed by atoms with Gasteiger partial charge in [0.1, 0.15) is 7.14 Å². The maximum absolute atomic E-state index is 12.6. The third kappa shape index (κ3) is 3.76. The third-order valence-corrected chi connectivity index (χ3v) is 6.62. The van der Waals surface area contributed by atoms with Crippen molar-refractivity contribution in [2.45, 2.75) is 4.90 Å². The van der Waals surface area contributed by atoms with E-state index in [1.54, 1.807) is 11.8 Å². The fourth-order valence-corrected chi connectivity index (χ4v) is 5.13. The van der Waals surface area contributed by atoms with E-state index in [1.807, 2.05) is 55.2 Å². The van der Waals surface area contributed by atoms with E-state index in [0.717, 1.165) is 17.2 Å². The quantitative estimate of drug-likeness (QED) is 0.604. The fraction of sp³-hybridized carbons (Fsp3) is 0.200. The van der Waals surface area contributed by atoms with E-state index >= 15 is 0 Å². The largest absolute Gasteiger partial charge is 0.319 e. The Balaban J connectivity index is 1.92. The molecule has 1 nitrogen and oxygen atoms in total. The van der Waals surface area contributed by atoms with Crippen molar-refractivity contribution >= 4 is 24.2 Å². The molecule has 2 aromatic rings. The summed E-state index contributed by atoms with van der Waals surface area (Å²) in [6, 6.07) is 20.1. The minimum Gasteiger partial charge on any atom is -0.319 e. The van der Waals surface area contributed by atoms with Crippen molar-refractivity contribution in [1.29, 1.82) is 0 Å². The van der Waals surface area contributed by atoms with E-state index in [9.17, 15) is 4.57 Å². The van der Waals surface area contributed by atoms with Crippen molar-refractivity contribution in [2.75, 3.05) is 18.6 Å². The SMILES string of the molecule is C[P@](=O)(CCSc1ccccc1)c1ccccc1. The van der Waals surface area contributed by atoms with Crippen molar-refractivity contribution in [3.63, 3.8) is 0 Å². The summed E-state index contributed by atoms with van der Waals surface area (Å²) in [7, 11) is -2.20. The van der Waals surface area contributed by atoms with Gasteiger partial charge in [0.25, 0.3) is 0 Å². The monoisotopic (exact) mass is 276 g/mol. The Labute approximate surface area is 113 Å². The maximum atomic E-state index is 12.6. The van der Waals surface area contributed by atoms with Crippen molar-refractivity contribution in [3.8, 4) is 0 Å². The molecule has 2 rings (SSSR count). The second-order valence-electron chi connectivity index (χ2n) is 4.32. The summed E-state index contributed by atoms with van der Waals surface area (Å²) >= 11 is 1.77. The smallest absolute Gasteiger partial charge is 0.113 e. The Morgan fingerprint density at radius 1 is 0.944 bits per heavy atom. The Morgan fingerprint density at radius 2 is 1.50 bits per heavy atom. The average Bonchev–Trinajstić information content (AvgIpc) is 2.41. The van der Waals surface area contributed by atoms with Gasteiger partial charge in [-0.3, -0.25) is 0 Å². The Kier molecular flexibility index (Phi) is 4.68. The van der Waals surface area contributed by atoms with Gasteiger partial charge in [-0.1, -0.05) is 48.5 Å². The molecule has 0 spiro atoms. The topological polar surface area (TPSA) is 17.1 Å². The van der Waals surface area contributed by atoms with Crippen LogP contribution in [0.25, 0.3) is 0 Å². The van der Waals surface area contributed by atoms with Crippen LogP contribution in [0.1, 0.15) is 0 Å². The van der Waals surface area contributed by atoms with Crippen LogP contribution in [-0.2, 0) is 4.57 Å². The number of rotatable bonds is 5. The molecule has 0 saturated carbocycles. The van der Waals surface area contributed by atoms with Gasteiger partial charge in [0, 0.05) is 22.1 Å². The van der Waals surface area contributed by atoms with E-state index in [1.165, 1.54) is 4.90 Å². The number of hydrogen-bond acceptors (Lipinski definition) is 2. The van der Waals surface area contributed by atoms with Crippen LogP contribution in [-0.4, -0.2) is 18.6 Å². The summed E-state index contributed by atoms with van der Waals surface area (Å²) in [5, 5.41) is 0.985. The zero-order chi connectivity index (χ0) is 12.8. The number of thioether (sulfide) groups is 1. The van der Waals surface area contributed by atoms with Gasteiger partial charge in [-0.25, -0.2) is 0 Å². The maximum Gasteiger partial charge on any atom is 0.113 e. The summed E-state index contributed by atoms with van der Waals surface area (Å²) in [5.41, 5.74) is 0. The lowest BCUT2D eigenvalue weighted by Crippen LogP contribution is -2.07. The number of benzene rings is 2. The van der Waals surface area contributed by atoms with Gasteiger partial charge in [-0.15, -0.1) is 11.8 Å². The Morgan fingerprint density at radius 3 is 2.11 bits per heavy atom. The fourth-order valence-electron chi connectivity index (χ4n) is 1.73. The molecular weight excluding hydrogens is 259 g/mol. The highest BCUT2D eigenvalue weighted by Gasteiger charge is 2.17. The first kappa shape index (κ1) is 13.5. The molecule has 0 aliphatic heterocycles. The number of hydrogen-bond donors (Lipinski definition) is 0. The van der Waals surface area contributed by atoms with Crippen LogP contribution >= 0.6 is 18.9 Å². The first-order chi connectivity index (χ1) is 8.68. The van der Waals surface area contributed by atoms with Crippen molar-refractivity contribution < 1.29 is 4.57 Å². The van der Waals surface area contributed by atoms with E-state index < -0.39 is 7.14 Å². The molecule has 0 amide bonds. The lowest BCUT2D eigenvalue weighted by molar-refractivity contribution is 0.585. The zero-order valence-corrected chi connectivity index (χ0v) is 12.2. The summed E-state index contributed by atoms with van der Waals surface area (Å²) in [6.07, 6.45) is 0.747. The molecule has 94 valence electrons. The minimum atomic E-state index is -2.20. The van der Waals surface area contributed by atoms with Gasteiger partial charge in [-0.05, 0) is 18.8 Å².